The molecule has 0 saturated carbocycles. The molecule has 0 spiro atoms. The van der Waals surface area contributed by atoms with E-state index < -0.39 is 0 Å². The minimum Gasteiger partial charge on any atom is -0.355 e. The number of thioether (sulfide) groups is 1. The van der Waals surface area contributed by atoms with Crippen molar-refractivity contribution in [2.24, 2.45) is 0 Å². The Kier molecular flexibility index (Phi) is 6.34. The van der Waals surface area contributed by atoms with Gasteiger partial charge in [0.1, 0.15) is 0 Å². The summed E-state index contributed by atoms with van der Waals surface area (Å²) in [6.45, 7) is 4.65. The molecule has 0 aliphatic rings. The number of halogens is 1. The summed E-state index contributed by atoms with van der Waals surface area (Å²) < 4.78 is 0. The van der Waals surface area contributed by atoms with E-state index in [4.69, 9.17) is 11.6 Å². The molecule has 0 radical (unpaired) electrons. The molecule has 0 bridgehead atoms. The van der Waals surface area contributed by atoms with Gasteiger partial charge < -0.3 is 5.32 Å². The van der Waals surface area contributed by atoms with E-state index in [0.29, 0.717) is 17.5 Å². The van der Waals surface area contributed by atoms with Gasteiger partial charge in [-0.3, -0.25) is 4.79 Å². The van der Waals surface area contributed by atoms with E-state index in [1.54, 1.807) is 0 Å². The summed E-state index contributed by atoms with van der Waals surface area (Å²) in [6.07, 6.45) is 0. The molecule has 2 aromatic carbocycles. The highest BCUT2D eigenvalue weighted by molar-refractivity contribution is 8.00. The third-order valence-electron chi connectivity index (χ3n) is 3.46. The van der Waals surface area contributed by atoms with Gasteiger partial charge in [-0.15, -0.1) is 11.8 Å². The third kappa shape index (κ3) is 4.79. The molecule has 1 N–H and O–H groups in total. The van der Waals surface area contributed by atoms with Crippen LogP contribution in [-0.2, 0) is 4.79 Å². The Morgan fingerprint density at radius 2 is 1.73 bits per heavy atom. The van der Waals surface area contributed by atoms with Crippen LogP contribution in [0.2, 0.25) is 5.02 Å². The number of carbonyl (C=O) groups excluding carboxylic acids is 1. The average molecular weight is 334 g/mol. The van der Waals surface area contributed by atoms with Crippen molar-refractivity contribution >= 4 is 29.3 Å². The van der Waals surface area contributed by atoms with E-state index >= 15 is 0 Å². The molecule has 2 atom stereocenters. The van der Waals surface area contributed by atoms with Crippen LogP contribution in [0.1, 0.15) is 25.3 Å². The molecule has 2 nitrogen and oxygen atoms in total. The van der Waals surface area contributed by atoms with Crippen LogP contribution in [0.5, 0.6) is 0 Å². The van der Waals surface area contributed by atoms with Gasteiger partial charge in [-0.25, -0.2) is 0 Å². The SMILES string of the molecule is CC(Sc1ccccc1Cl)C(=O)NCC(C)c1ccccc1. The lowest BCUT2D eigenvalue weighted by Gasteiger charge is -2.16. The van der Waals surface area contributed by atoms with Gasteiger partial charge in [-0.1, -0.05) is 61.0 Å². The zero-order valence-electron chi connectivity index (χ0n) is 12.8. The fourth-order valence-corrected chi connectivity index (χ4v) is 3.26. The standard InChI is InChI=1S/C18H20ClNOS/c1-13(15-8-4-3-5-9-15)12-20-18(21)14(2)22-17-11-7-6-10-16(17)19/h3-11,13-14H,12H2,1-2H3,(H,20,21). The van der Waals surface area contributed by atoms with Gasteiger partial charge in [-0.2, -0.15) is 0 Å². The average Bonchev–Trinajstić information content (AvgIpc) is 2.55. The second-order valence-electron chi connectivity index (χ2n) is 5.25. The highest BCUT2D eigenvalue weighted by Gasteiger charge is 2.16. The summed E-state index contributed by atoms with van der Waals surface area (Å²) in [5.41, 5.74) is 1.23. The first-order valence-corrected chi connectivity index (χ1v) is 8.57. The number of amides is 1. The van der Waals surface area contributed by atoms with Crippen molar-refractivity contribution in [1.29, 1.82) is 0 Å². The quantitative estimate of drug-likeness (QED) is 0.773. The summed E-state index contributed by atoms with van der Waals surface area (Å²) in [7, 11) is 0. The molecule has 2 unspecified atom stereocenters. The summed E-state index contributed by atoms with van der Waals surface area (Å²) in [6, 6.07) is 17.8. The Bertz CT molecular complexity index is 617. The van der Waals surface area contributed by atoms with Crippen molar-refractivity contribution in [3.63, 3.8) is 0 Å². The van der Waals surface area contributed by atoms with E-state index in [9.17, 15) is 4.79 Å². The first-order valence-electron chi connectivity index (χ1n) is 7.31. The highest BCUT2D eigenvalue weighted by atomic mass is 35.5. The van der Waals surface area contributed by atoms with Crippen LogP contribution in [0, 0.1) is 0 Å². The lowest BCUT2D eigenvalue weighted by atomic mass is 10.0. The fraction of sp³-hybridized carbons (Fsp3) is 0.278. The largest absolute Gasteiger partial charge is 0.355 e. The van der Waals surface area contributed by atoms with Gasteiger partial charge >= 0.3 is 0 Å². The Morgan fingerprint density at radius 1 is 1.09 bits per heavy atom. The predicted octanol–water partition coefficient (Wildman–Crippen LogP) is 4.74. The van der Waals surface area contributed by atoms with Crippen molar-refractivity contribution < 1.29 is 4.79 Å². The Balaban J connectivity index is 1.85. The first-order chi connectivity index (χ1) is 10.6. The normalized spacial score (nSPS) is 13.4. The number of hydrogen-bond donors (Lipinski definition) is 1. The molecule has 1 amide bonds. The second-order valence-corrected chi connectivity index (χ2v) is 7.04. The molecule has 0 aromatic heterocycles. The van der Waals surface area contributed by atoms with Crippen LogP contribution in [0.4, 0.5) is 0 Å². The van der Waals surface area contributed by atoms with Gasteiger partial charge in [-0.05, 0) is 30.5 Å². The fourth-order valence-electron chi connectivity index (χ4n) is 2.08. The van der Waals surface area contributed by atoms with Crippen LogP contribution >= 0.6 is 23.4 Å². The van der Waals surface area contributed by atoms with Crippen molar-refractivity contribution in [1.82, 2.24) is 5.32 Å². The molecule has 4 heteroatoms. The lowest BCUT2D eigenvalue weighted by molar-refractivity contribution is -0.120. The maximum Gasteiger partial charge on any atom is 0.233 e. The maximum atomic E-state index is 12.2. The zero-order chi connectivity index (χ0) is 15.9. The van der Waals surface area contributed by atoms with Crippen LogP contribution in [-0.4, -0.2) is 17.7 Å². The summed E-state index contributed by atoms with van der Waals surface area (Å²) >= 11 is 7.61. The molecular weight excluding hydrogens is 314 g/mol. The van der Waals surface area contributed by atoms with E-state index in [2.05, 4.69) is 24.4 Å². The number of nitrogens with one attached hydrogen (secondary N) is 1. The highest BCUT2D eigenvalue weighted by Crippen LogP contribution is 2.30. The number of rotatable bonds is 6. The van der Waals surface area contributed by atoms with Crippen molar-refractivity contribution in [2.75, 3.05) is 6.54 Å². The summed E-state index contributed by atoms with van der Waals surface area (Å²) in [5.74, 6) is 0.329. The molecule has 2 rings (SSSR count). The molecule has 0 aliphatic carbocycles. The van der Waals surface area contributed by atoms with Crippen LogP contribution in [0.25, 0.3) is 0 Å². The van der Waals surface area contributed by atoms with Gasteiger partial charge in [0.05, 0.1) is 10.3 Å². The van der Waals surface area contributed by atoms with Gasteiger partial charge in [0.25, 0.3) is 0 Å². The minimum atomic E-state index is -0.178. The van der Waals surface area contributed by atoms with E-state index in [1.165, 1.54) is 17.3 Å². The monoisotopic (exact) mass is 333 g/mol. The Labute approximate surface area is 141 Å². The molecular formula is C18H20ClNOS. The molecule has 0 saturated heterocycles. The van der Waals surface area contributed by atoms with Crippen LogP contribution in [0.3, 0.4) is 0 Å². The third-order valence-corrected chi connectivity index (χ3v) is 5.08. The van der Waals surface area contributed by atoms with Crippen molar-refractivity contribution in [3.8, 4) is 0 Å². The van der Waals surface area contributed by atoms with Crippen LogP contribution < -0.4 is 5.32 Å². The molecule has 2 aromatic rings. The molecule has 116 valence electrons. The van der Waals surface area contributed by atoms with Crippen LogP contribution in [0.15, 0.2) is 59.5 Å². The maximum absolute atomic E-state index is 12.2. The van der Waals surface area contributed by atoms with E-state index in [0.717, 1.165) is 4.90 Å². The van der Waals surface area contributed by atoms with Crippen molar-refractivity contribution in [3.05, 3.63) is 65.2 Å². The first kappa shape index (κ1) is 16.9. The number of carbonyl (C=O) groups is 1. The molecule has 0 fully saturated rings. The van der Waals surface area contributed by atoms with Gasteiger partial charge in [0.2, 0.25) is 5.91 Å². The summed E-state index contributed by atoms with van der Waals surface area (Å²) in [5, 5.41) is 3.52. The number of hydrogen-bond acceptors (Lipinski definition) is 2. The molecule has 0 aliphatic heterocycles. The lowest BCUT2D eigenvalue weighted by Crippen LogP contribution is -2.33. The minimum absolute atomic E-state index is 0.0349. The number of benzene rings is 2. The summed E-state index contributed by atoms with van der Waals surface area (Å²) in [4.78, 5) is 13.2. The van der Waals surface area contributed by atoms with Gasteiger partial charge in [0.15, 0.2) is 0 Å². The molecule has 0 heterocycles. The van der Waals surface area contributed by atoms with E-state index in [1.807, 2.05) is 49.4 Å². The zero-order valence-corrected chi connectivity index (χ0v) is 14.3. The Morgan fingerprint density at radius 3 is 2.41 bits per heavy atom. The van der Waals surface area contributed by atoms with Gasteiger partial charge in [0, 0.05) is 11.4 Å². The molecule has 22 heavy (non-hydrogen) atoms. The van der Waals surface area contributed by atoms with Crippen molar-refractivity contribution in [2.45, 2.75) is 29.9 Å². The van der Waals surface area contributed by atoms with E-state index in [-0.39, 0.29) is 11.2 Å². The second kappa shape index (κ2) is 8.25. The smallest absolute Gasteiger partial charge is 0.233 e. The topological polar surface area (TPSA) is 29.1 Å². The predicted molar refractivity (Wildman–Crippen MR) is 94.6 cm³/mol. The Hall–Kier alpha value is -1.45.